The minimum absolute atomic E-state index is 0.00653. The van der Waals surface area contributed by atoms with Gasteiger partial charge in [-0.1, -0.05) is 32.9 Å². The highest BCUT2D eigenvalue weighted by Gasteiger charge is 2.16. The fraction of sp³-hybridized carbons (Fsp3) is 0.222. The molecule has 0 fully saturated rings. The highest BCUT2D eigenvalue weighted by atomic mass is 16.3. The summed E-state index contributed by atoms with van der Waals surface area (Å²) < 4.78 is 5.12. The molecule has 1 heterocycles. The third-order valence-electron chi connectivity index (χ3n) is 3.36. The number of rotatable bonds is 4. The van der Waals surface area contributed by atoms with Crippen molar-refractivity contribution in [3.63, 3.8) is 0 Å². The number of hydrogen-bond donors (Lipinski definition) is 2. The Labute approximate surface area is 135 Å². The molecule has 2 rings (SSSR count). The van der Waals surface area contributed by atoms with Gasteiger partial charge in [-0.25, -0.2) is 0 Å². The van der Waals surface area contributed by atoms with E-state index in [0.717, 1.165) is 5.56 Å². The van der Waals surface area contributed by atoms with Gasteiger partial charge in [0.05, 0.1) is 6.26 Å². The Morgan fingerprint density at radius 3 is 2.26 bits per heavy atom. The molecule has 0 aliphatic carbocycles. The fourth-order valence-corrected chi connectivity index (χ4v) is 2.00. The van der Waals surface area contributed by atoms with Crippen molar-refractivity contribution in [1.29, 1.82) is 0 Å². The van der Waals surface area contributed by atoms with Crippen molar-refractivity contribution >= 4 is 17.9 Å². The molecule has 0 aliphatic rings. The Balaban J connectivity index is 2.18. The lowest BCUT2D eigenvalue weighted by Crippen LogP contribution is -2.31. The maximum atomic E-state index is 12.3. The van der Waals surface area contributed by atoms with Crippen LogP contribution in [0.4, 0.5) is 0 Å². The largest absolute Gasteiger partial charge is 0.465 e. The van der Waals surface area contributed by atoms with E-state index in [2.05, 4.69) is 26.1 Å². The first-order valence-electron chi connectivity index (χ1n) is 7.24. The number of nitrogens with two attached hydrogens (primary N) is 1. The minimum Gasteiger partial charge on any atom is -0.465 e. The predicted molar refractivity (Wildman–Crippen MR) is 88.5 cm³/mol. The number of primary amides is 1. The van der Waals surface area contributed by atoms with Crippen LogP contribution in [-0.4, -0.2) is 11.8 Å². The smallest absolute Gasteiger partial charge is 0.265 e. The van der Waals surface area contributed by atoms with Crippen molar-refractivity contribution in [2.75, 3.05) is 0 Å². The van der Waals surface area contributed by atoms with E-state index in [1.54, 1.807) is 24.3 Å². The number of carbonyl (C=O) groups excluding carboxylic acids is 2. The predicted octanol–water partition coefficient (Wildman–Crippen LogP) is 2.83. The molecule has 1 aromatic carbocycles. The Kier molecular flexibility index (Phi) is 4.69. The molecule has 0 radical (unpaired) electrons. The van der Waals surface area contributed by atoms with Crippen LogP contribution in [0.5, 0.6) is 0 Å². The highest BCUT2D eigenvalue weighted by Crippen LogP contribution is 2.22. The maximum absolute atomic E-state index is 12.3. The molecule has 1 aromatic heterocycles. The van der Waals surface area contributed by atoms with E-state index in [0.29, 0.717) is 11.3 Å². The SMILES string of the molecule is CC(C)(C)c1ccc(C(=O)N/C(=C\c2ccco2)C(N)=O)cc1. The summed E-state index contributed by atoms with van der Waals surface area (Å²) in [5, 5.41) is 2.52. The van der Waals surface area contributed by atoms with Gasteiger partial charge in [0.25, 0.3) is 11.8 Å². The number of amides is 2. The van der Waals surface area contributed by atoms with Crippen LogP contribution >= 0.6 is 0 Å². The number of nitrogens with one attached hydrogen (secondary N) is 1. The van der Waals surface area contributed by atoms with Gasteiger partial charge in [-0.2, -0.15) is 0 Å². The summed E-state index contributed by atoms with van der Waals surface area (Å²) in [5.41, 5.74) is 6.85. The molecule has 0 spiro atoms. The van der Waals surface area contributed by atoms with Gasteiger partial charge in [-0.3, -0.25) is 9.59 Å². The number of furan rings is 1. The standard InChI is InChI=1S/C18H20N2O3/c1-18(2,3)13-8-6-12(7-9-13)17(22)20-15(16(19)21)11-14-5-4-10-23-14/h4-11H,1-3H3,(H2,19,21)(H,20,22)/b15-11-. The van der Waals surface area contributed by atoms with Crippen LogP contribution in [-0.2, 0) is 10.2 Å². The molecule has 0 saturated heterocycles. The molecule has 2 amide bonds. The topological polar surface area (TPSA) is 85.3 Å². The summed E-state index contributed by atoms with van der Waals surface area (Å²) in [7, 11) is 0. The van der Waals surface area contributed by atoms with Crippen molar-refractivity contribution in [3.05, 3.63) is 65.2 Å². The van der Waals surface area contributed by atoms with Crippen molar-refractivity contribution in [2.24, 2.45) is 5.73 Å². The lowest BCUT2D eigenvalue weighted by molar-refractivity contribution is -0.114. The summed E-state index contributed by atoms with van der Waals surface area (Å²) >= 11 is 0. The van der Waals surface area contributed by atoms with Crippen LogP contribution in [0.1, 0.15) is 42.5 Å². The fourth-order valence-electron chi connectivity index (χ4n) is 2.00. The van der Waals surface area contributed by atoms with E-state index in [-0.39, 0.29) is 11.1 Å². The summed E-state index contributed by atoms with van der Waals surface area (Å²) in [6.07, 6.45) is 2.86. The summed E-state index contributed by atoms with van der Waals surface area (Å²) in [6.45, 7) is 6.29. The average molecular weight is 312 g/mol. The lowest BCUT2D eigenvalue weighted by atomic mass is 9.87. The van der Waals surface area contributed by atoms with Gasteiger partial charge in [0.1, 0.15) is 11.5 Å². The van der Waals surface area contributed by atoms with Gasteiger partial charge in [0, 0.05) is 11.6 Å². The number of benzene rings is 1. The molecular formula is C18H20N2O3. The molecule has 0 bridgehead atoms. The molecule has 3 N–H and O–H groups in total. The average Bonchev–Trinajstić information content (AvgIpc) is 2.98. The zero-order valence-electron chi connectivity index (χ0n) is 13.4. The summed E-state index contributed by atoms with van der Waals surface area (Å²) in [6, 6.07) is 10.6. The van der Waals surface area contributed by atoms with Crippen LogP contribution < -0.4 is 11.1 Å². The van der Waals surface area contributed by atoms with Gasteiger partial charge in [-0.05, 0) is 35.2 Å². The zero-order chi connectivity index (χ0) is 17.0. The van der Waals surface area contributed by atoms with E-state index in [4.69, 9.17) is 10.2 Å². The molecule has 0 aliphatic heterocycles. The molecule has 5 nitrogen and oxygen atoms in total. The van der Waals surface area contributed by atoms with Gasteiger partial charge in [0.2, 0.25) is 0 Å². The van der Waals surface area contributed by atoms with Crippen LogP contribution in [0, 0.1) is 0 Å². The van der Waals surface area contributed by atoms with Gasteiger partial charge in [-0.15, -0.1) is 0 Å². The van der Waals surface area contributed by atoms with E-state index in [9.17, 15) is 9.59 Å². The van der Waals surface area contributed by atoms with Crippen LogP contribution in [0.2, 0.25) is 0 Å². The normalized spacial score (nSPS) is 12.0. The molecule has 0 saturated carbocycles. The van der Waals surface area contributed by atoms with Crippen molar-refractivity contribution < 1.29 is 14.0 Å². The second kappa shape index (κ2) is 6.52. The van der Waals surface area contributed by atoms with Gasteiger partial charge < -0.3 is 15.5 Å². The molecule has 0 atom stereocenters. The monoisotopic (exact) mass is 312 g/mol. The molecule has 5 heteroatoms. The third-order valence-corrected chi connectivity index (χ3v) is 3.36. The molecule has 2 aromatic rings. The molecule has 120 valence electrons. The van der Waals surface area contributed by atoms with E-state index in [1.807, 2.05) is 12.1 Å². The highest BCUT2D eigenvalue weighted by molar-refractivity contribution is 6.04. The Hall–Kier alpha value is -2.82. The first kappa shape index (κ1) is 16.5. The van der Waals surface area contributed by atoms with Crippen LogP contribution in [0.25, 0.3) is 6.08 Å². The first-order chi connectivity index (χ1) is 10.8. The van der Waals surface area contributed by atoms with Crippen LogP contribution in [0.3, 0.4) is 0 Å². The van der Waals surface area contributed by atoms with Gasteiger partial charge >= 0.3 is 0 Å². The van der Waals surface area contributed by atoms with Crippen molar-refractivity contribution in [2.45, 2.75) is 26.2 Å². The van der Waals surface area contributed by atoms with Crippen LogP contribution in [0.15, 0.2) is 52.8 Å². The molecule has 0 unspecified atom stereocenters. The zero-order valence-corrected chi connectivity index (χ0v) is 13.4. The van der Waals surface area contributed by atoms with E-state index < -0.39 is 11.8 Å². The third kappa shape index (κ3) is 4.32. The number of carbonyl (C=O) groups is 2. The maximum Gasteiger partial charge on any atom is 0.265 e. The second-order valence-electron chi connectivity index (χ2n) is 6.22. The molecular weight excluding hydrogens is 292 g/mol. The second-order valence-corrected chi connectivity index (χ2v) is 6.22. The summed E-state index contributed by atoms with van der Waals surface area (Å²) in [5.74, 6) is -0.703. The van der Waals surface area contributed by atoms with Gasteiger partial charge in [0.15, 0.2) is 0 Å². The summed E-state index contributed by atoms with van der Waals surface area (Å²) in [4.78, 5) is 23.7. The van der Waals surface area contributed by atoms with E-state index >= 15 is 0 Å². The lowest BCUT2D eigenvalue weighted by Gasteiger charge is -2.19. The first-order valence-corrected chi connectivity index (χ1v) is 7.24. The Morgan fingerprint density at radius 1 is 1.13 bits per heavy atom. The van der Waals surface area contributed by atoms with Crippen molar-refractivity contribution in [3.8, 4) is 0 Å². The molecule has 23 heavy (non-hydrogen) atoms. The number of hydrogen-bond acceptors (Lipinski definition) is 3. The van der Waals surface area contributed by atoms with E-state index in [1.165, 1.54) is 12.3 Å². The van der Waals surface area contributed by atoms with Crippen molar-refractivity contribution in [1.82, 2.24) is 5.32 Å². The minimum atomic E-state index is -0.735. The Bertz CT molecular complexity index is 721. The Morgan fingerprint density at radius 2 is 1.78 bits per heavy atom. The quantitative estimate of drug-likeness (QED) is 0.851.